The Kier molecular flexibility index (Phi) is 3.78. The van der Waals surface area contributed by atoms with Crippen molar-refractivity contribution in [2.45, 2.75) is 38.8 Å². The second-order valence-corrected chi connectivity index (χ2v) is 3.68. The van der Waals surface area contributed by atoms with Crippen LogP contribution in [0.4, 0.5) is 13.2 Å². The summed E-state index contributed by atoms with van der Waals surface area (Å²) in [4.78, 5) is 0. The summed E-state index contributed by atoms with van der Waals surface area (Å²) in [6.07, 6.45) is 3.51. The number of hydrogen-bond donors (Lipinski definition) is 0. The van der Waals surface area contributed by atoms with E-state index in [4.69, 9.17) is 0 Å². The summed E-state index contributed by atoms with van der Waals surface area (Å²) in [7, 11) is 0. The molecule has 1 rings (SSSR count). The minimum atomic E-state index is -4.14. The van der Waals surface area contributed by atoms with Crippen molar-refractivity contribution in [1.29, 1.82) is 0 Å². The molecule has 0 N–H and O–H groups in total. The molecule has 0 spiro atoms. The van der Waals surface area contributed by atoms with Gasteiger partial charge in [0.1, 0.15) is 0 Å². The van der Waals surface area contributed by atoms with Crippen LogP contribution in [-0.4, -0.2) is 6.18 Å². The van der Waals surface area contributed by atoms with Gasteiger partial charge in [-0.05, 0) is 18.8 Å². The van der Waals surface area contributed by atoms with Gasteiger partial charge in [0.2, 0.25) is 0 Å². The first-order valence-electron chi connectivity index (χ1n) is 4.98. The van der Waals surface area contributed by atoms with Gasteiger partial charge in [0.25, 0.3) is 0 Å². The largest absolute Gasteiger partial charge is 0.412 e. The first kappa shape index (κ1) is 11.3. The summed E-state index contributed by atoms with van der Waals surface area (Å²) in [5.74, 6) is 0.0802. The monoisotopic (exact) mass is 204 g/mol. The zero-order valence-corrected chi connectivity index (χ0v) is 8.27. The number of allylic oxidation sites excluding steroid dienone is 4. The molecule has 0 saturated carbocycles. The van der Waals surface area contributed by atoms with Gasteiger partial charge in [0, 0.05) is 5.57 Å². The van der Waals surface area contributed by atoms with Crippen molar-refractivity contribution in [2.24, 2.45) is 5.92 Å². The molecule has 0 fully saturated rings. The minimum Gasteiger partial charge on any atom is -0.166 e. The van der Waals surface area contributed by atoms with Gasteiger partial charge in [-0.2, -0.15) is 13.2 Å². The normalized spacial score (nSPS) is 22.3. The van der Waals surface area contributed by atoms with Crippen LogP contribution in [0.15, 0.2) is 23.8 Å². The Morgan fingerprint density at radius 3 is 2.71 bits per heavy atom. The van der Waals surface area contributed by atoms with Crippen LogP contribution in [0.3, 0.4) is 0 Å². The predicted molar refractivity (Wildman–Crippen MR) is 50.9 cm³/mol. The van der Waals surface area contributed by atoms with Gasteiger partial charge in [0.15, 0.2) is 0 Å². The lowest BCUT2D eigenvalue weighted by atomic mass is 9.90. The molecule has 0 aromatic carbocycles. The fraction of sp³-hybridized carbons (Fsp3) is 0.636. The lowest BCUT2D eigenvalue weighted by Crippen LogP contribution is -2.16. The molecule has 0 heterocycles. The molecule has 0 aromatic heterocycles. The summed E-state index contributed by atoms with van der Waals surface area (Å²) in [6, 6.07) is 0. The molecule has 0 radical (unpaired) electrons. The number of hydrogen-bond acceptors (Lipinski definition) is 0. The van der Waals surface area contributed by atoms with E-state index in [-0.39, 0.29) is 17.9 Å². The lowest BCUT2D eigenvalue weighted by molar-refractivity contribution is -0.0951. The topological polar surface area (TPSA) is 0 Å². The molecule has 1 aliphatic carbocycles. The molecule has 80 valence electrons. The maximum Gasteiger partial charge on any atom is 0.412 e. The highest BCUT2D eigenvalue weighted by molar-refractivity contribution is 5.23. The van der Waals surface area contributed by atoms with Crippen LogP contribution in [0.2, 0.25) is 0 Å². The van der Waals surface area contributed by atoms with E-state index < -0.39 is 6.18 Å². The van der Waals surface area contributed by atoms with Crippen molar-refractivity contribution in [3.8, 4) is 0 Å². The van der Waals surface area contributed by atoms with Crippen molar-refractivity contribution in [1.82, 2.24) is 0 Å². The van der Waals surface area contributed by atoms with Gasteiger partial charge in [-0.1, -0.05) is 38.0 Å². The number of halogens is 3. The van der Waals surface area contributed by atoms with E-state index in [1.54, 1.807) is 0 Å². The van der Waals surface area contributed by atoms with Crippen LogP contribution in [0.1, 0.15) is 32.6 Å². The molecule has 1 atom stereocenters. The molecule has 0 bridgehead atoms. The number of alkyl halides is 3. The molecule has 1 aliphatic rings. The molecule has 0 nitrogen and oxygen atoms in total. The highest BCUT2D eigenvalue weighted by Gasteiger charge is 2.34. The van der Waals surface area contributed by atoms with Crippen LogP contribution in [-0.2, 0) is 0 Å². The van der Waals surface area contributed by atoms with Gasteiger partial charge in [0.05, 0.1) is 0 Å². The van der Waals surface area contributed by atoms with Crippen molar-refractivity contribution >= 4 is 0 Å². The third-order valence-corrected chi connectivity index (χ3v) is 2.46. The summed E-state index contributed by atoms with van der Waals surface area (Å²) in [5, 5.41) is 0. The van der Waals surface area contributed by atoms with Crippen molar-refractivity contribution in [3.05, 3.63) is 23.8 Å². The highest BCUT2D eigenvalue weighted by atomic mass is 19.4. The summed E-state index contributed by atoms with van der Waals surface area (Å²) in [5.41, 5.74) is -0.388. The average molecular weight is 204 g/mol. The first-order chi connectivity index (χ1) is 6.54. The van der Waals surface area contributed by atoms with Gasteiger partial charge in [-0.3, -0.25) is 0 Å². The predicted octanol–water partition coefficient (Wildman–Crippen LogP) is 4.24. The highest BCUT2D eigenvalue weighted by Crippen LogP contribution is 2.34. The molecule has 0 saturated heterocycles. The van der Waals surface area contributed by atoms with Crippen LogP contribution < -0.4 is 0 Å². The molecular formula is C11H15F3. The Bertz CT molecular complexity index is 235. The second kappa shape index (κ2) is 4.67. The molecular weight excluding hydrogens is 189 g/mol. The van der Waals surface area contributed by atoms with Gasteiger partial charge in [-0.15, -0.1) is 0 Å². The van der Waals surface area contributed by atoms with Gasteiger partial charge in [-0.25, -0.2) is 0 Å². The number of unbranched alkanes of at least 4 members (excludes halogenated alkanes) is 1. The third-order valence-electron chi connectivity index (χ3n) is 2.46. The van der Waals surface area contributed by atoms with Gasteiger partial charge >= 0.3 is 6.18 Å². The van der Waals surface area contributed by atoms with Crippen molar-refractivity contribution in [3.63, 3.8) is 0 Å². The molecule has 0 aliphatic heterocycles. The fourth-order valence-corrected chi connectivity index (χ4v) is 1.62. The molecule has 1 unspecified atom stereocenters. The van der Waals surface area contributed by atoms with E-state index >= 15 is 0 Å². The van der Waals surface area contributed by atoms with E-state index in [1.807, 2.05) is 13.0 Å². The quantitative estimate of drug-likeness (QED) is 0.645. The molecule has 0 aromatic rings. The van der Waals surface area contributed by atoms with E-state index in [1.165, 1.54) is 12.2 Å². The standard InChI is InChI=1S/C11H15F3/c1-2-3-5-9-6-4-7-10(8-9)11(12,13)14/h4,6-7,9H,2-3,5,8H2,1H3. The Morgan fingerprint density at radius 1 is 1.43 bits per heavy atom. The van der Waals surface area contributed by atoms with E-state index in [0.29, 0.717) is 0 Å². The second-order valence-electron chi connectivity index (χ2n) is 3.68. The molecule has 0 amide bonds. The van der Waals surface area contributed by atoms with Crippen LogP contribution in [0, 0.1) is 5.92 Å². The smallest absolute Gasteiger partial charge is 0.166 e. The Morgan fingerprint density at radius 2 is 2.14 bits per heavy atom. The van der Waals surface area contributed by atoms with Gasteiger partial charge < -0.3 is 0 Å². The Labute approximate surface area is 82.5 Å². The van der Waals surface area contributed by atoms with E-state index in [2.05, 4.69) is 0 Å². The fourth-order valence-electron chi connectivity index (χ4n) is 1.62. The SMILES string of the molecule is CCCCC1C=CC=C(C(F)(F)F)C1. The van der Waals surface area contributed by atoms with E-state index in [9.17, 15) is 13.2 Å². The number of rotatable bonds is 3. The maximum absolute atomic E-state index is 12.3. The van der Waals surface area contributed by atoms with Crippen LogP contribution in [0.25, 0.3) is 0 Å². The zero-order chi connectivity index (χ0) is 10.6. The summed E-state index contributed by atoms with van der Waals surface area (Å²) in [6.45, 7) is 2.05. The Balaban J connectivity index is 2.51. The van der Waals surface area contributed by atoms with Crippen molar-refractivity contribution in [2.75, 3.05) is 0 Å². The maximum atomic E-state index is 12.3. The van der Waals surface area contributed by atoms with Crippen LogP contribution >= 0.6 is 0 Å². The lowest BCUT2D eigenvalue weighted by Gasteiger charge is -2.19. The van der Waals surface area contributed by atoms with E-state index in [0.717, 1.165) is 19.3 Å². The zero-order valence-electron chi connectivity index (χ0n) is 8.27. The third kappa shape index (κ3) is 3.20. The summed E-state index contributed by atoms with van der Waals surface area (Å²) < 4.78 is 37.0. The first-order valence-corrected chi connectivity index (χ1v) is 4.98. The molecule has 14 heavy (non-hydrogen) atoms. The summed E-state index contributed by atoms with van der Waals surface area (Å²) >= 11 is 0. The average Bonchev–Trinajstić information content (AvgIpc) is 2.14. The minimum absolute atomic E-state index is 0.0802. The molecule has 3 heteroatoms. The van der Waals surface area contributed by atoms with Crippen molar-refractivity contribution < 1.29 is 13.2 Å². The van der Waals surface area contributed by atoms with Crippen LogP contribution in [0.5, 0.6) is 0 Å². The Hall–Kier alpha value is -0.730.